The first kappa shape index (κ1) is 17.8. The number of hydrogen-bond acceptors (Lipinski definition) is 6. The lowest BCUT2D eigenvalue weighted by molar-refractivity contribution is -0.143. The van der Waals surface area contributed by atoms with Crippen molar-refractivity contribution < 1.29 is 19.0 Å². The minimum absolute atomic E-state index is 0.226. The average Bonchev–Trinajstić information content (AvgIpc) is 2.71. The summed E-state index contributed by atoms with van der Waals surface area (Å²) in [7, 11) is 4.56. The smallest absolute Gasteiger partial charge is 0.323 e. The molecule has 26 heavy (non-hydrogen) atoms. The van der Waals surface area contributed by atoms with Crippen LogP contribution in [0.5, 0.6) is 11.5 Å². The molecule has 1 N–H and O–H groups in total. The highest BCUT2D eigenvalue weighted by molar-refractivity contribution is 5.77. The fraction of sp³-hybridized carbons (Fsp3) is 0.300. The number of nitrogens with one attached hydrogen (secondary N) is 1. The summed E-state index contributed by atoms with van der Waals surface area (Å²) in [5.74, 6) is 0.933. The molecule has 0 aromatic heterocycles. The highest BCUT2D eigenvalue weighted by atomic mass is 16.5. The topological polar surface area (TPSA) is 80.6 Å². The van der Waals surface area contributed by atoms with Crippen LogP contribution in [-0.2, 0) is 16.0 Å². The van der Waals surface area contributed by atoms with Crippen molar-refractivity contribution >= 4 is 5.97 Å². The number of fused-ring (bicyclic) bond motifs is 1. The lowest BCUT2D eigenvalue weighted by atomic mass is 9.86. The maximum atomic E-state index is 12.1. The molecule has 0 saturated heterocycles. The van der Waals surface area contributed by atoms with Crippen LogP contribution in [0.15, 0.2) is 36.4 Å². The number of hydrogen-bond donors (Lipinski definition) is 1. The highest BCUT2D eigenvalue weighted by Crippen LogP contribution is 2.38. The number of carbonyl (C=O) groups is 1. The third kappa shape index (κ3) is 3.22. The molecule has 2 atom stereocenters. The van der Waals surface area contributed by atoms with Gasteiger partial charge in [0.1, 0.15) is 6.04 Å². The van der Waals surface area contributed by atoms with Crippen LogP contribution < -0.4 is 14.8 Å². The Kier molecular flexibility index (Phi) is 5.10. The quantitative estimate of drug-likeness (QED) is 0.851. The molecule has 0 radical (unpaired) electrons. The number of nitrogens with zero attached hydrogens (tertiary/aromatic N) is 1. The second kappa shape index (κ2) is 7.46. The molecule has 0 saturated carbocycles. The maximum absolute atomic E-state index is 12.1. The number of benzene rings is 2. The predicted octanol–water partition coefficient (Wildman–Crippen LogP) is 2.35. The molecule has 1 heterocycles. The molecule has 0 aliphatic carbocycles. The first-order valence-corrected chi connectivity index (χ1v) is 8.20. The molecule has 0 fully saturated rings. The number of esters is 1. The van der Waals surface area contributed by atoms with Gasteiger partial charge in [0.25, 0.3) is 0 Å². The zero-order valence-electron chi connectivity index (χ0n) is 14.9. The lowest BCUT2D eigenvalue weighted by Gasteiger charge is -2.33. The molecule has 134 valence electrons. The third-order valence-electron chi connectivity index (χ3n) is 4.61. The van der Waals surface area contributed by atoms with E-state index in [-0.39, 0.29) is 12.0 Å². The van der Waals surface area contributed by atoms with E-state index in [4.69, 9.17) is 19.5 Å². The standard InChI is InChI=1S/C20H20N2O4/c1-24-17-9-14-8-16(20(23)26-3)22-19(15(14)10-18(17)25-2)13-6-4-12(11-21)5-7-13/h4-7,9-10,16,19,22H,8H2,1-3H3/t16-,19+/m0/s1. The first-order valence-electron chi connectivity index (χ1n) is 8.20. The van der Waals surface area contributed by atoms with Crippen molar-refractivity contribution in [3.8, 4) is 17.6 Å². The minimum Gasteiger partial charge on any atom is -0.493 e. The maximum Gasteiger partial charge on any atom is 0.323 e. The molecule has 0 bridgehead atoms. The molecule has 2 aromatic rings. The van der Waals surface area contributed by atoms with E-state index < -0.39 is 6.04 Å². The zero-order chi connectivity index (χ0) is 18.7. The molecular formula is C20H20N2O4. The van der Waals surface area contributed by atoms with E-state index in [1.54, 1.807) is 26.4 Å². The van der Waals surface area contributed by atoms with Crippen molar-refractivity contribution in [1.82, 2.24) is 5.32 Å². The summed E-state index contributed by atoms with van der Waals surface area (Å²) < 4.78 is 15.8. The molecule has 6 nitrogen and oxygen atoms in total. The van der Waals surface area contributed by atoms with E-state index in [1.807, 2.05) is 24.3 Å². The van der Waals surface area contributed by atoms with Gasteiger partial charge in [-0.05, 0) is 47.4 Å². The third-order valence-corrected chi connectivity index (χ3v) is 4.61. The number of nitriles is 1. The van der Waals surface area contributed by atoms with E-state index >= 15 is 0 Å². The van der Waals surface area contributed by atoms with Crippen LogP contribution in [0, 0.1) is 11.3 Å². The van der Waals surface area contributed by atoms with Gasteiger partial charge in [-0.15, -0.1) is 0 Å². The normalized spacial score (nSPS) is 18.4. The van der Waals surface area contributed by atoms with Crippen molar-refractivity contribution in [3.05, 3.63) is 58.7 Å². The summed E-state index contributed by atoms with van der Waals surface area (Å²) in [5.41, 5.74) is 3.53. The predicted molar refractivity (Wildman–Crippen MR) is 95.2 cm³/mol. The molecule has 1 aliphatic rings. The van der Waals surface area contributed by atoms with Gasteiger partial charge in [-0.25, -0.2) is 0 Å². The van der Waals surface area contributed by atoms with E-state index in [9.17, 15) is 4.79 Å². The Hall–Kier alpha value is -3.04. The Balaban J connectivity index is 2.10. The van der Waals surface area contributed by atoms with Gasteiger partial charge in [-0.3, -0.25) is 10.1 Å². The van der Waals surface area contributed by atoms with Crippen molar-refractivity contribution in [1.29, 1.82) is 5.26 Å². The lowest BCUT2D eigenvalue weighted by Crippen LogP contribution is -2.45. The number of ether oxygens (including phenoxy) is 3. The van der Waals surface area contributed by atoms with Crippen LogP contribution >= 0.6 is 0 Å². The molecule has 0 spiro atoms. The fourth-order valence-electron chi connectivity index (χ4n) is 3.27. The summed E-state index contributed by atoms with van der Waals surface area (Å²) in [6.45, 7) is 0. The largest absolute Gasteiger partial charge is 0.493 e. The van der Waals surface area contributed by atoms with Gasteiger partial charge in [-0.2, -0.15) is 5.26 Å². The van der Waals surface area contributed by atoms with Crippen molar-refractivity contribution in [2.45, 2.75) is 18.5 Å². The van der Waals surface area contributed by atoms with E-state index in [2.05, 4.69) is 11.4 Å². The monoisotopic (exact) mass is 352 g/mol. The Morgan fingerprint density at radius 3 is 2.35 bits per heavy atom. The summed E-state index contributed by atoms with van der Waals surface area (Å²) >= 11 is 0. The average molecular weight is 352 g/mol. The second-order valence-corrected chi connectivity index (χ2v) is 6.02. The highest BCUT2D eigenvalue weighted by Gasteiger charge is 2.33. The minimum atomic E-state index is -0.466. The van der Waals surface area contributed by atoms with Gasteiger partial charge in [0, 0.05) is 0 Å². The van der Waals surface area contributed by atoms with Crippen LogP contribution in [0.2, 0.25) is 0 Å². The Morgan fingerprint density at radius 2 is 1.77 bits per heavy atom. The van der Waals surface area contributed by atoms with Gasteiger partial charge < -0.3 is 14.2 Å². The Bertz CT molecular complexity index is 855. The molecular weight excluding hydrogens is 332 g/mol. The molecule has 0 unspecified atom stereocenters. The first-order chi connectivity index (χ1) is 12.6. The summed E-state index contributed by atoms with van der Waals surface area (Å²) in [5, 5.41) is 12.4. The second-order valence-electron chi connectivity index (χ2n) is 6.02. The molecule has 0 amide bonds. The molecule has 3 rings (SSSR count). The van der Waals surface area contributed by atoms with E-state index in [0.29, 0.717) is 23.5 Å². The summed E-state index contributed by atoms with van der Waals surface area (Å²) in [6, 6.07) is 12.6. The van der Waals surface area contributed by atoms with Crippen molar-refractivity contribution in [2.24, 2.45) is 0 Å². The summed E-state index contributed by atoms with van der Waals surface area (Å²) in [6.07, 6.45) is 0.495. The zero-order valence-corrected chi connectivity index (χ0v) is 14.9. The Morgan fingerprint density at radius 1 is 1.12 bits per heavy atom. The van der Waals surface area contributed by atoms with Crippen molar-refractivity contribution in [2.75, 3.05) is 21.3 Å². The van der Waals surface area contributed by atoms with E-state index in [0.717, 1.165) is 16.7 Å². The van der Waals surface area contributed by atoms with E-state index in [1.165, 1.54) is 7.11 Å². The number of carbonyl (C=O) groups excluding carboxylic acids is 1. The Labute approximate surface area is 152 Å². The van der Waals surface area contributed by atoms with Crippen LogP contribution in [-0.4, -0.2) is 33.3 Å². The number of methoxy groups -OCH3 is 3. The molecule has 6 heteroatoms. The number of rotatable bonds is 4. The van der Waals surface area contributed by atoms with Gasteiger partial charge in [0.15, 0.2) is 11.5 Å². The van der Waals surface area contributed by atoms with Crippen molar-refractivity contribution in [3.63, 3.8) is 0 Å². The summed E-state index contributed by atoms with van der Waals surface area (Å²) in [4.78, 5) is 12.1. The van der Waals surface area contributed by atoms with Crippen LogP contribution in [0.3, 0.4) is 0 Å². The van der Waals surface area contributed by atoms with Gasteiger partial charge in [0.05, 0.1) is 39.0 Å². The van der Waals surface area contributed by atoms with Crippen LogP contribution in [0.1, 0.15) is 28.3 Å². The van der Waals surface area contributed by atoms with Gasteiger partial charge in [0.2, 0.25) is 0 Å². The fourth-order valence-corrected chi connectivity index (χ4v) is 3.27. The van der Waals surface area contributed by atoms with Gasteiger partial charge >= 0.3 is 5.97 Å². The van der Waals surface area contributed by atoms with Crippen LogP contribution in [0.4, 0.5) is 0 Å². The van der Waals surface area contributed by atoms with Gasteiger partial charge in [-0.1, -0.05) is 12.1 Å². The van der Waals surface area contributed by atoms with Crippen LogP contribution in [0.25, 0.3) is 0 Å². The molecule has 2 aromatic carbocycles. The SMILES string of the molecule is COC(=O)[C@@H]1Cc2cc(OC)c(OC)cc2[C@@H](c2ccc(C#N)cc2)N1. The molecule has 1 aliphatic heterocycles.